The van der Waals surface area contributed by atoms with Crippen molar-refractivity contribution in [2.75, 3.05) is 44.7 Å². The number of nitrogens with one attached hydrogen (secondary N) is 1. The molecule has 206 valence electrons. The van der Waals surface area contributed by atoms with Gasteiger partial charge in [-0.15, -0.1) is 0 Å². The van der Waals surface area contributed by atoms with Crippen LogP contribution in [-0.2, 0) is 20.8 Å². The van der Waals surface area contributed by atoms with Crippen molar-refractivity contribution < 1.29 is 23.9 Å². The number of nitrogens with zero attached hydrogens (tertiary/aromatic N) is 5. The van der Waals surface area contributed by atoms with Crippen LogP contribution in [-0.4, -0.2) is 89.3 Å². The molecule has 11 nitrogen and oxygen atoms in total. The van der Waals surface area contributed by atoms with Gasteiger partial charge in [0, 0.05) is 57.7 Å². The largest absolute Gasteiger partial charge is 0.447 e. The maximum Gasteiger partial charge on any atom is 0.410 e. The molecule has 1 N–H and O–H groups in total. The minimum Gasteiger partial charge on any atom is -0.447 e. The molecule has 1 fully saturated rings. The van der Waals surface area contributed by atoms with Gasteiger partial charge >= 0.3 is 12.2 Å². The Morgan fingerprint density at radius 3 is 2.32 bits per heavy atom. The van der Waals surface area contributed by atoms with E-state index in [-0.39, 0.29) is 24.6 Å². The maximum absolute atomic E-state index is 12.5. The van der Waals surface area contributed by atoms with Crippen LogP contribution in [0.15, 0.2) is 36.7 Å². The fourth-order valence-electron chi connectivity index (χ4n) is 3.81. The first-order valence-corrected chi connectivity index (χ1v) is 12.7. The van der Waals surface area contributed by atoms with E-state index in [4.69, 9.17) is 9.47 Å². The molecule has 0 spiro atoms. The molecule has 1 saturated heterocycles. The molecule has 3 rings (SSSR count). The predicted octanol–water partition coefficient (Wildman–Crippen LogP) is 3.29. The number of aromatic nitrogens is 2. The van der Waals surface area contributed by atoms with E-state index in [2.05, 4.69) is 15.3 Å². The van der Waals surface area contributed by atoms with Crippen LogP contribution in [0.25, 0.3) is 11.1 Å². The lowest BCUT2D eigenvalue weighted by atomic mass is 10.1. The molecule has 1 aliphatic rings. The van der Waals surface area contributed by atoms with Crippen molar-refractivity contribution in [3.63, 3.8) is 0 Å². The summed E-state index contributed by atoms with van der Waals surface area (Å²) in [6.45, 7) is 11.6. The summed E-state index contributed by atoms with van der Waals surface area (Å²) in [5.74, 6) is 0.385. The summed E-state index contributed by atoms with van der Waals surface area (Å²) in [4.78, 5) is 50.8. The highest BCUT2D eigenvalue weighted by Crippen LogP contribution is 2.21. The summed E-state index contributed by atoms with van der Waals surface area (Å²) in [5, 5.41) is 2.49. The van der Waals surface area contributed by atoms with Crippen LogP contribution >= 0.6 is 0 Å². The second-order valence-corrected chi connectivity index (χ2v) is 10.5. The third-order valence-corrected chi connectivity index (χ3v) is 5.68. The molecule has 1 aliphatic heterocycles. The topological polar surface area (TPSA) is 117 Å². The monoisotopic (exact) mass is 526 g/mol. The number of rotatable bonds is 7. The molecule has 1 aromatic heterocycles. The van der Waals surface area contributed by atoms with E-state index in [1.54, 1.807) is 50.0 Å². The number of likely N-dealkylation sites (N-methyl/N-ethyl adjacent to an activating group) is 1. The Bertz CT molecular complexity index is 1110. The number of alkyl carbamates (subject to hydrolysis) is 1. The van der Waals surface area contributed by atoms with E-state index in [0.717, 1.165) is 16.7 Å². The third-order valence-electron chi connectivity index (χ3n) is 5.68. The summed E-state index contributed by atoms with van der Waals surface area (Å²) >= 11 is 0. The molecule has 0 atom stereocenters. The van der Waals surface area contributed by atoms with Gasteiger partial charge < -0.3 is 29.5 Å². The number of carbonyl (C=O) groups excluding carboxylic acids is 3. The van der Waals surface area contributed by atoms with E-state index in [1.165, 1.54) is 0 Å². The molecule has 0 bridgehead atoms. The summed E-state index contributed by atoms with van der Waals surface area (Å²) in [6.07, 6.45) is 2.50. The Morgan fingerprint density at radius 2 is 1.71 bits per heavy atom. The number of carbonyl (C=O) groups is 3. The molecule has 2 heterocycles. The van der Waals surface area contributed by atoms with Gasteiger partial charge in [-0.05, 0) is 51.8 Å². The molecular formula is C27H38N6O5. The fraction of sp³-hybridized carbons (Fsp3) is 0.519. The van der Waals surface area contributed by atoms with Crippen molar-refractivity contribution in [3.8, 4) is 11.1 Å². The van der Waals surface area contributed by atoms with Gasteiger partial charge in [-0.25, -0.2) is 19.6 Å². The van der Waals surface area contributed by atoms with Crippen LogP contribution in [0.1, 0.15) is 40.2 Å². The first-order valence-electron chi connectivity index (χ1n) is 12.7. The van der Waals surface area contributed by atoms with Crippen LogP contribution in [0.5, 0.6) is 0 Å². The molecular weight excluding hydrogens is 488 g/mol. The number of anilines is 1. The third kappa shape index (κ3) is 8.60. The van der Waals surface area contributed by atoms with Crippen molar-refractivity contribution >= 4 is 24.0 Å². The molecule has 0 saturated carbocycles. The highest BCUT2D eigenvalue weighted by molar-refractivity contribution is 5.82. The number of benzene rings is 1. The summed E-state index contributed by atoms with van der Waals surface area (Å²) in [6, 6.07) is 7.81. The standard InChI is InChI=1S/C27H38N6O5/c1-19(2)37-26(36)33-12-10-32(11-13-33)24-28-15-22(16-29-24)21-9-7-8-20(14-21)18-31(6)23(34)17-30-25(35)38-27(3,4)5/h7-9,14-16,19H,10-13,17-18H2,1-6H3,(H,30,35). The van der Waals surface area contributed by atoms with Crippen LogP contribution < -0.4 is 10.2 Å². The van der Waals surface area contributed by atoms with Gasteiger partial charge in [-0.3, -0.25) is 4.79 Å². The van der Waals surface area contributed by atoms with Gasteiger partial charge in [-0.1, -0.05) is 18.2 Å². The van der Waals surface area contributed by atoms with Gasteiger partial charge in [0.2, 0.25) is 11.9 Å². The van der Waals surface area contributed by atoms with E-state index < -0.39 is 11.7 Å². The minimum atomic E-state index is -0.626. The second kappa shape index (κ2) is 12.6. The summed E-state index contributed by atoms with van der Waals surface area (Å²) in [5.41, 5.74) is 2.10. The molecule has 38 heavy (non-hydrogen) atoms. The molecule has 0 radical (unpaired) electrons. The van der Waals surface area contributed by atoms with Gasteiger partial charge in [-0.2, -0.15) is 0 Å². The minimum absolute atomic E-state index is 0.142. The van der Waals surface area contributed by atoms with E-state index in [9.17, 15) is 14.4 Å². The lowest BCUT2D eigenvalue weighted by molar-refractivity contribution is -0.129. The predicted molar refractivity (Wildman–Crippen MR) is 144 cm³/mol. The Labute approximate surface area is 224 Å². The first kappa shape index (κ1) is 28.7. The number of ether oxygens (including phenoxy) is 2. The highest BCUT2D eigenvalue weighted by Gasteiger charge is 2.24. The summed E-state index contributed by atoms with van der Waals surface area (Å²) < 4.78 is 10.4. The molecule has 11 heteroatoms. The SMILES string of the molecule is CC(C)OC(=O)N1CCN(c2ncc(-c3cccc(CN(C)C(=O)CNC(=O)OC(C)(C)C)c3)cn2)CC1. The zero-order valence-electron chi connectivity index (χ0n) is 23.1. The summed E-state index contributed by atoms with van der Waals surface area (Å²) in [7, 11) is 1.69. The Balaban J connectivity index is 1.54. The molecule has 0 unspecified atom stereocenters. The van der Waals surface area contributed by atoms with Gasteiger partial charge in [0.15, 0.2) is 0 Å². The molecule has 0 aliphatic carbocycles. The molecule has 1 aromatic carbocycles. The second-order valence-electron chi connectivity index (χ2n) is 10.5. The molecule has 3 amide bonds. The number of hydrogen-bond acceptors (Lipinski definition) is 8. The zero-order valence-corrected chi connectivity index (χ0v) is 23.1. The van der Waals surface area contributed by atoms with Gasteiger partial charge in [0.25, 0.3) is 0 Å². The van der Waals surface area contributed by atoms with E-state index in [0.29, 0.717) is 38.7 Å². The number of hydrogen-bond donors (Lipinski definition) is 1. The smallest absolute Gasteiger partial charge is 0.410 e. The fourth-order valence-corrected chi connectivity index (χ4v) is 3.81. The lowest BCUT2D eigenvalue weighted by Gasteiger charge is -2.34. The van der Waals surface area contributed by atoms with E-state index >= 15 is 0 Å². The van der Waals surface area contributed by atoms with Crippen molar-refractivity contribution in [2.24, 2.45) is 0 Å². The first-order chi connectivity index (χ1) is 17.9. The van der Waals surface area contributed by atoms with Crippen LogP contribution in [0.4, 0.5) is 15.5 Å². The maximum atomic E-state index is 12.5. The van der Waals surface area contributed by atoms with Crippen molar-refractivity contribution in [3.05, 3.63) is 42.2 Å². The van der Waals surface area contributed by atoms with Gasteiger partial charge in [0.1, 0.15) is 12.1 Å². The Hall–Kier alpha value is -3.89. The average molecular weight is 527 g/mol. The Kier molecular flexibility index (Phi) is 9.49. The van der Waals surface area contributed by atoms with Crippen LogP contribution in [0.3, 0.4) is 0 Å². The highest BCUT2D eigenvalue weighted by atomic mass is 16.6. The lowest BCUT2D eigenvalue weighted by Crippen LogP contribution is -2.49. The normalized spacial score (nSPS) is 13.8. The number of piperazine rings is 1. The quantitative estimate of drug-likeness (QED) is 0.584. The molecule has 2 aromatic rings. The Morgan fingerprint density at radius 1 is 1.05 bits per heavy atom. The number of amides is 3. The average Bonchev–Trinajstić information content (AvgIpc) is 2.86. The van der Waals surface area contributed by atoms with Crippen LogP contribution in [0, 0.1) is 0 Å². The van der Waals surface area contributed by atoms with Crippen molar-refractivity contribution in [1.29, 1.82) is 0 Å². The van der Waals surface area contributed by atoms with Crippen molar-refractivity contribution in [1.82, 2.24) is 25.1 Å². The van der Waals surface area contributed by atoms with Crippen LogP contribution in [0.2, 0.25) is 0 Å². The van der Waals surface area contributed by atoms with Gasteiger partial charge in [0.05, 0.1) is 6.10 Å². The van der Waals surface area contributed by atoms with E-state index in [1.807, 2.05) is 43.0 Å². The zero-order chi connectivity index (χ0) is 27.9. The van der Waals surface area contributed by atoms with Crippen molar-refractivity contribution in [2.45, 2.75) is 52.9 Å².